The van der Waals surface area contributed by atoms with Gasteiger partial charge in [-0.05, 0) is 111 Å². The second-order valence-corrected chi connectivity index (χ2v) is 11.6. The number of rotatable bonds is 7. The van der Waals surface area contributed by atoms with E-state index >= 15 is 4.39 Å². The SMILES string of the molecule is CCCC1CCC(c2ccc(C3CCC(C4CCC(CC)CC4)CC3)c(F)c2C(F)F)CC1. The van der Waals surface area contributed by atoms with Gasteiger partial charge in [0.2, 0.25) is 0 Å². The van der Waals surface area contributed by atoms with Gasteiger partial charge in [0.25, 0.3) is 6.43 Å². The van der Waals surface area contributed by atoms with Gasteiger partial charge in [-0.3, -0.25) is 0 Å². The van der Waals surface area contributed by atoms with E-state index in [1.54, 1.807) is 0 Å². The van der Waals surface area contributed by atoms with E-state index in [0.717, 1.165) is 75.0 Å². The monoisotopic (exact) mass is 462 g/mol. The third-order valence-corrected chi connectivity index (χ3v) is 9.79. The van der Waals surface area contributed by atoms with Crippen molar-refractivity contribution in [3.63, 3.8) is 0 Å². The summed E-state index contributed by atoms with van der Waals surface area (Å²) in [5.74, 6) is 2.86. The molecule has 0 atom stereocenters. The molecular weight excluding hydrogens is 417 g/mol. The van der Waals surface area contributed by atoms with Gasteiger partial charge in [-0.2, -0.15) is 0 Å². The molecule has 0 aromatic heterocycles. The summed E-state index contributed by atoms with van der Waals surface area (Å²) < 4.78 is 43.8. The molecule has 3 aliphatic rings. The van der Waals surface area contributed by atoms with Crippen molar-refractivity contribution in [2.45, 2.75) is 128 Å². The maximum Gasteiger partial charge on any atom is 0.266 e. The summed E-state index contributed by atoms with van der Waals surface area (Å²) in [5, 5.41) is 0. The second kappa shape index (κ2) is 11.6. The van der Waals surface area contributed by atoms with Crippen LogP contribution in [-0.4, -0.2) is 0 Å². The predicted octanol–water partition coefficient (Wildman–Crippen LogP) is 10.3. The number of alkyl halides is 2. The smallest absolute Gasteiger partial charge is 0.206 e. The predicted molar refractivity (Wildman–Crippen MR) is 131 cm³/mol. The summed E-state index contributed by atoms with van der Waals surface area (Å²) in [6.45, 7) is 4.51. The molecule has 1 aromatic carbocycles. The molecule has 0 spiro atoms. The third kappa shape index (κ3) is 5.81. The average molecular weight is 463 g/mol. The molecule has 0 aliphatic heterocycles. The summed E-state index contributed by atoms with van der Waals surface area (Å²) >= 11 is 0. The standard InChI is InChI=1S/C30H45F3/c1-3-5-21-8-12-24(13-9-21)26-18-19-27(29(31)28(26)30(32)33)25-16-14-23(15-17-25)22-10-6-20(4-2)7-11-22/h18-25,30H,3-17H2,1-2H3. The highest BCUT2D eigenvalue weighted by Crippen LogP contribution is 2.47. The van der Waals surface area contributed by atoms with E-state index in [9.17, 15) is 8.78 Å². The third-order valence-electron chi connectivity index (χ3n) is 9.79. The van der Waals surface area contributed by atoms with E-state index < -0.39 is 12.2 Å². The molecule has 4 rings (SSSR count). The molecule has 3 aliphatic carbocycles. The van der Waals surface area contributed by atoms with Crippen LogP contribution in [0.3, 0.4) is 0 Å². The Hall–Kier alpha value is -0.990. The molecule has 0 N–H and O–H groups in total. The first-order valence-corrected chi connectivity index (χ1v) is 14.1. The fourth-order valence-corrected chi connectivity index (χ4v) is 7.66. The normalized spacial score (nSPS) is 33.4. The van der Waals surface area contributed by atoms with E-state index in [4.69, 9.17) is 0 Å². The summed E-state index contributed by atoms with van der Waals surface area (Å²) in [4.78, 5) is 0. The van der Waals surface area contributed by atoms with Crippen molar-refractivity contribution in [2.75, 3.05) is 0 Å². The van der Waals surface area contributed by atoms with Crippen LogP contribution in [0.15, 0.2) is 12.1 Å². The number of halogens is 3. The fourth-order valence-electron chi connectivity index (χ4n) is 7.66. The van der Waals surface area contributed by atoms with Crippen LogP contribution in [-0.2, 0) is 0 Å². The van der Waals surface area contributed by atoms with E-state index in [1.165, 1.54) is 44.9 Å². The van der Waals surface area contributed by atoms with Crippen LogP contribution in [0.2, 0.25) is 0 Å². The first-order valence-electron chi connectivity index (χ1n) is 14.1. The maximum atomic E-state index is 15.6. The highest BCUT2D eigenvalue weighted by atomic mass is 19.3. The van der Waals surface area contributed by atoms with Crippen molar-refractivity contribution in [3.8, 4) is 0 Å². The zero-order chi connectivity index (χ0) is 23.4. The minimum absolute atomic E-state index is 0.0969. The van der Waals surface area contributed by atoms with E-state index in [1.807, 2.05) is 12.1 Å². The summed E-state index contributed by atoms with van der Waals surface area (Å²) in [5.41, 5.74) is 0.899. The Bertz CT molecular complexity index is 733. The Balaban J connectivity index is 1.41. The highest BCUT2D eigenvalue weighted by Gasteiger charge is 2.34. The van der Waals surface area contributed by atoms with E-state index in [-0.39, 0.29) is 17.4 Å². The molecule has 186 valence electrons. The van der Waals surface area contributed by atoms with Gasteiger partial charge >= 0.3 is 0 Å². The zero-order valence-corrected chi connectivity index (χ0v) is 20.9. The first-order chi connectivity index (χ1) is 16.0. The second-order valence-electron chi connectivity index (χ2n) is 11.6. The van der Waals surface area contributed by atoms with Gasteiger partial charge in [0, 0.05) is 0 Å². The van der Waals surface area contributed by atoms with Gasteiger partial charge in [-0.1, -0.05) is 58.1 Å². The number of hydrogen-bond donors (Lipinski definition) is 0. The Kier molecular flexibility index (Phi) is 8.85. The lowest BCUT2D eigenvalue weighted by Gasteiger charge is -2.38. The van der Waals surface area contributed by atoms with Crippen molar-refractivity contribution in [1.29, 1.82) is 0 Å². The largest absolute Gasteiger partial charge is 0.266 e. The van der Waals surface area contributed by atoms with Gasteiger partial charge in [-0.15, -0.1) is 0 Å². The zero-order valence-electron chi connectivity index (χ0n) is 20.9. The number of hydrogen-bond acceptors (Lipinski definition) is 0. The molecule has 33 heavy (non-hydrogen) atoms. The van der Waals surface area contributed by atoms with E-state index in [2.05, 4.69) is 13.8 Å². The Morgan fingerprint density at radius 3 is 1.73 bits per heavy atom. The molecule has 3 heteroatoms. The lowest BCUT2D eigenvalue weighted by atomic mass is 9.68. The Labute approximate surface area is 200 Å². The molecule has 0 amide bonds. The molecule has 0 nitrogen and oxygen atoms in total. The molecule has 3 fully saturated rings. The van der Waals surface area contributed by atoms with Crippen LogP contribution >= 0.6 is 0 Å². The van der Waals surface area contributed by atoms with Gasteiger partial charge in [-0.25, -0.2) is 13.2 Å². The van der Waals surface area contributed by atoms with Crippen LogP contribution < -0.4 is 0 Å². The Morgan fingerprint density at radius 2 is 1.18 bits per heavy atom. The van der Waals surface area contributed by atoms with Crippen molar-refractivity contribution in [1.82, 2.24) is 0 Å². The van der Waals surface area contributed by atoms with Crippen LogP contribution in [0.1, 0.15) is 145 Å². The van der Waals surface area contributed by atoms with Crippen LogP contribution in [0.5, 0.6) is 0 Å². The summed E-state index contributed by atoms with van der Waals surface area (Å²) in [6, 6.07) is 3.76. The quantitative estimate of drug-likeness (QED) is 0.378. The van der Waals surface area contributed by atoms with Crippen molar-refractivity contribution in [3.05, 3.63) is 34.6 Å². The molecule has 0 heterocycles. The Morgan fingerprint density at radius 1 is 0.697 bits per heavy atom. The first kappa shape index (κ1) is 25.1. The fraction of sp³-hybridized carbons (Fsp3) is 0.800. The topological polar surface area (TPSA) is 0 Å². The molecule has 1 aromatic rings. The minimum Gasteiger partial charge on any atom is -0.206 e. The summed E-state index contributed by atoms with van der Waals surface area (Å²) in [7, 11) is 0. The van der Waals surface area contributed by atoms with Gasteiger partial charge in [0.15, 0.2) is 0 Å². The molecule has 0 unspecified atom stereocenters. The highest BCUT2D eigenvalue weighted by molar-refractivity contribution is 5.39. The van der Waals surface area contributed by atoms with Gasteiger partial charge in [0.1, 0.15) is 5.82 Å². The maximum absolute atomic E-state index is 15.6. The van der Waals surface area contributed by atoms with Crippen molar-refractivity contribution < 1.29 is 13.2 Å². The number of benzene rings is 1. The van der Waals surface area contributed by atoms with Crippen LogP contribution in [0, 0.1) is 29.5 Å². The minimum atomic E-state index is -2.72. The molecule has 0 radical (unpaired) electrons. The molecule has 0 bridgehead atoms. The van der Waals surface area contributed by atoms with Crippen molar-refractivity contribution in [2.24, 2.45) is 23.7 Å². The van der Waals surface area contributed by atoms with Gasteiger partial charge in [0.05, 0.1) is 5.56 Å². The molecule has 3 saturated carbocycles. The van der Waals surface area contributed by atoms with Gasteiger partial charge < -0.3 is 0 Å². The molecule has 0 saturated heterocycles. The lowest BCUT2D eigenvalue weighted by molar-refractivity contribution is 0.142. The summed E-state index contributed by atoms with van der Waals surface area (Å²) in [6.07, 6.45) is 14.7. The van der Waals surface area contributed by atoms with Crippen LogP contribution in [0.4, 0.5) is 13.2 Å². The van der Waals surface area contributed by atoms with E-state index in [0.29, 0.717) is 11.1 Å². The molecular formula is C30H45F3. The van der Waals surface area contributed by atoms with Crippen LogP contribution in [0.25, 0.3) is 0 Å². The average Bonchev–Trinajstić information content (AvgIpc) is 2.84. The van der Waals surface area contributed by atoms with Crippen molar-refractivity contribution >= 4 is 0 Å². The lowest BCUT2D eigenvalue weighted by Crippen LogP contribution is -2.25.